The highest BCUT2D eigenvalue weighted by molar-refractivity contribution is 6.17. The Balaban J connectivity index is 2.15. The number of aromatic nitrogens is 1. The van der Waals surface area contributed by atoms with Gasteiger partial charge in [-0.15, -0.1) is 11.6 Å². The van der Waals surface area contributed by atoms with E-state index in [1.54, 1.807) is 0 Å². The maximum Gasteiger partial charge on any atom is 0.129 e. The summed E-state index contributed by atoms with van der Waals surface area (Å²) in [5.41, 5.74) is 2.30. The molecule has 2 rings (SSSR count). The quantitative estimate of drug-likeness (QED) is 0.716. The molecule has 0 aliphatic carbocycles. The molecule has 1 fully saturated rings. The summed E-state index contributed by atoms with van der Waals surface area (Å²) in [6, 6.07) is 4.24. The third-order valence-electron chi connectivity index (χ3n) is 3.74. The Labute approximate surface area is 127 Å². The van der Waals surface area contributed by atoms with Crippen LogP contribution in [0.3, 0.4) is 0 Å². The molecular formula is C16H25ClN2O. The first-order valence-electron chi connectivity index (χ1n) is 7.69. The van der Waals surface area contributed by atoms with Gasteiger partial charge < -0.3 is 9.64 Å². The molecule has 0 amide bonds. The van der Waals surface area contributed by atoms with Crippen LogP contribution >= 0.6 is 11.6 Å². The van der Waals surface area contributed by atoms with E-state index in [9.17, 15) is 0 Å². The topological polar surface area (TPSA) is 25.4 Å². The molecule has 1 saturated heterocycles. The lowest BCUT2D eigenvalue weighted by atomic mass is 10.1. The normalized spacial score (nSPS) is 18.4. The number of likely N-dealkylation sites (N-methyl/N-ethyl adjacent to an activating group) is 1. The van der Waals surface area contributed by atoms with Crippen molar-refractivity contribution in [3.05, 3.63) is 23.4 Å². The van der Waals surface area contributed by atoms with Gasteiger partial charge in [-0.3, -0.25) is 0 Å². The minimum absolute atomic E-state index is 0.353. The van der Waals surface area contributed by atoms with Gasteiger partial charge in [0.25, 0.3) is 0 Å². The van der Waals surface area contributed by atoms with Gasteiger partial charge in [0.05, 0.1) is 6.10 Å². The van der Waals surface area contributed by atoms with Gasteiger partial charge in [-0.25, -0.2) is 4.98 Å². The van der Waals surface area contributed by atoms with E-state index in [1.807, 2.05) is 0 Å². The Bertz CT molecular complexity index is 419. The van der Waals surface area contributed by atoms with Crippen LogP contribution in [0.2, 0.25) is 0 Å². The molecule has 1 unspecified atom stereocenters. The van der Waals surface area contributed by atoms with Crippen LogP contribution in [0.1, 0.15) is 44.4 Å². The summed E-state index contributed by atoms with van der Waals surface area (Å²) in [6.45, 7) is 7.13. The van der Waals surface area contributed by atoms with Crippen LogP contribution in [0.4, 0.5) is 5.82 Å². The molecule has 1 aliphatic rings. The van der Waals surface area contributed by atoms with Crippen LogP contribution in [0, 0.1) is 0 Å². The molecule has 1 aromatic heterocycles. The average molecular weight is 297 g/mol. The molecule has 0 aromatic carbocycles. The maximum atomic E-state index is 6.02. The van der Waals surface area contributed by atoms with E-state index < -0.39 is 0 Å². The summed E-state index contributed by atoms with van der Waals surface area (Å²) in [5.74, 6) is 1.59. The minimum Gasteiger partial charge on any atom is -0.376 e. The standard InChI is InChI=1S/C16H25ClN2O/c1-3-6-14-9-13(11-17)10-16(18-14)19(4-2)12-15-7-5-8-20-15/h9-10,15H,3-8,11-12H2,1-2H3. The number of aryl methyl sites for hydroxylation is 1. The highest BCUT2D eigenvalue weighted by Gasteiger charge is 2.19. The first-order valence-corrected chi connectivity index (χ1v) is 8.22. The van der Waals surface area contributed by atoms with Gasteiger partial charge in [0, 0.05) is 31.3 Å². The maximum absolute atomic E-state index is 6.02. The molecule has 112 valence electrons. The van der Waals surface area contributed by atoms with Gasteiger partial charge in [-0.2, -0.15) is 0 Å². The number of nitrogens with zero attached hydrogens (tertiary/aromatic N) is 2. The lowest BCUT2D eigenvalue weighted by Crippen LogP contribution is -2.32. The van der Waals surface area contributed by atoms with Crippen LogP contribution in [0.25, 0.3) is 0 Å². The van der Waals surface area contributed by atoms with E-state index in [-0.39, 0.29) is 0 Å². The molecule has 0 N–H and O–H groups in total. The van der Waals surface area contributed by atoms with Crippen molar-refractivity contribution in [2.75, 3.05) is 24.6 Å². The van der Waals surface area contributed by atoms with Crippen molar-refractivity contribution in [3.63, 3.8) is 0 Å². The molecule has 0 bridgehead atoms. The molecule has 0 spiro atoms. The number of halogens is 1. The second kappa shape index (κ2) is 7.84. The molecule has 1 aromatic rings. The summed E-state index contributed by atoms with van der Waals surface area (Å²) in [7, 11) is 0. The van der Waals surface area contributed by atoms with Gasteiger partial charge in [-0.05, 0) is 43.9 Å². The second-order valence-corrected chi connectivity index (χ2v) is 5.65. The van der Waals surface area contributed by atoms with Gasteiger partial charge in [-0.1, -0.05) is 13.3 Å². The van der Waals surface area contributed by atoms with E-state index in [0.717, 1.165) is 56.0 Å². The predicted molar refractivity (Wildman–Crippen MR) is 84.7 cm³/mol. The number of pyridine rings is 1. The number of anilines is 1. The summed E-state index contributed by atoms with van der Waals surface area (Å²) >= 11 is 6.02. The number of hydrogen-bond acceptors (Lipinski definition) is 3. The predicted octanol–water partition coefficient (Wildman–Crippen LogP) is 3.78. The Morgan fingerprint density at radius 3 is 2.85 bits per heavy atom. The second-order valence-electron chi connectivity index (χ2n) is 5.38. The monoisotopic (exact) mass is 296 g/mol. The summed E-state index contributed by atoms with van der Waals surface area (Å²) < 4.78 is 5.75. The van der Waals surface area contributed by atoms with Crippen molar-refractivity contribution in [3.8, 4) is 0 Å². The molecular weight excluding hydrogens is 272 g/mol. The highest BCUT2D eigenvalue weighted by atomic mass is 35.5. The van der Waals surface area contributed by atoms with Crippen molar-refractivity contribution < 1.29 is 4.74 Å². The Kier molecular flexibility index (Phi) is 6.11. The molecule has 0 saturated carbocycles. The van der Waals surface area contributed by atoms with Gasteiger partial charge in [0.2, 0.25) is 0 Å². The third-order valence-corrected chi connectivity index (χ3v) is 4.05. The zero-order valence-corrected chi connectivity index (χ0v) is 13.3. The fourth-order valence-electron chi connectivity index (χ4n) is 2.68. The molecule has 4 heteroatoms. The van der Waals surface area contributed by atoms with E-state index >= 15 is 0 Å². The summed E-state index contributed by atoms with van der Waals surface area (Å²) in [6.07, 6.45) is 4.81. The fourth-order valence-corrected chi connectivity index (χ4v) is 2.83. The van der Waals surface area contributed by atoms with Crippen molar-refractivity contribution in [2.45, 2.75) is 51.5 Å². The van der Waals surface area contributed by atoms with Crippen LogP contribution in [0.5, 0.6) is 0 Å². The molecule has 2 heterocycles. The Hall–Kier alpha value is -0.800. The fraction of sp³-hybridized carbons (Fsp3) is 0.688. The number of rotatable bonds is 7. The van der Waals surface area contributed by atoms with E-state index in [4.69, 9.17) is 21.3 Å². The van der Waals surface area contributed by atoms with Crippen molar-refractivity contribution >= 4 is 17.4 Å². The zero-order chi connectivity index (χ0) is 14.4. The largest absolute Gasteiger partial charge is 0.376 e. The molecule has 0 radical (unpaired) electrons. The van der Waals surface area contributed by atoms with Crippen molar-refractivity contribution in [2.24, 2.45) is 0 Å². The van der Waals surface area contributed by atoms with E-state index in [0.29, 0.717) is 12.0 Å². The average Bonchev–Trinajstić information content (AvgIpc) is 2.97. The van der Waals surface area contributed by atoms with Crippen LogP contribution < -0.4 is 4.90 Å². The molecule has 1 atom stereocenters. The Morgan fingerprint density at radius 1 is 1.40 bits per heavy atom. The molecule has 20 heavy (non-hydrogen) atoms. The van der Waals surface area contributed by atoms with Gasteiger partial charge >= 0.3 is 0 Å². The zero-order valence-electron chi connectivity index (χ0n) is 12.6. The molecule has 3 nitrogen and oxygen atoms in total. The molecule has 1 aliphatic heterocycles. The van der Waals surface area contributed by atoms with Crippen LogP contribution in [-0.2, 0) is 17.0 Å². The van der Waals surface area contributed by atoms with Crippen LogP contribution in [0.15, 0.2) is 12.1 Å². The first kappa shape index (κ1) is 15.6. The van der Waals surface area contributed by atoms with Crippen molar-refractivity contribution in [1.29, 1.82) is 0 Å². The van der Waals surface area contributed by atoms with Crippen LogP contribution in [-0.4, -0.2) is 30.8 Å². The number of alkyl halides is 1. The smallest absolute Gasteiger partial charge is 0.129 e. The van der Waals surface area contributed by atoms with E-state index in [1.165, 1.54) is 6.42 Å². The van der Waals surface area contributed by atoms with Gasteiger partial charge in [0.1, 0.15) is 5.82 Å². The lowest BCUT2D eigenvalue weighted by Gasteiger charge is -2.26. The number of hydrogen-bond donors (Lipinski definition) is 0. The SMILES string of the molecule is CCCc1cc(CCl)cc(N(CC)CC2CCCO2)n1. The van der Waals surface area contributed by atoms with E-state index in [2.05, 4.69) is 30.9 Å². The highest BCUT2D eigenvalue weighted by Crippen LogP contribution is 2.21. The minimum atomic E-state index is 0.353. The Morgan fingerprint density at radius 2 is 2.25 bits per heavy atom. The summed E-state index contributed by atoms with van der Waals surface area (Å²) in [5, 5.41) is 0. The first-order chi connectivity index (χ1) is 9.76. The number of ether oxygens (including phenoxy) is 1. The summed E-state index contributed by atoms with van der Waals surface area (Å²) in [4.78, 5) is 7.11. The third kappa shape index (κ3) is 4.10. The lowest BCUT2D eigenvalue weighted by molar-refractivity contribution is 0.115. The van der Waals surface area contributed by atoms with Gasteiger partial charge in [0.15, 0.2) is 0 Å². The van der Waals surface area contributed by atoms with Crippen molar-refractivity contribution in [1.82, 2.24) is 4.98 Å².